The van der Waals surface area contributed by atoms with Crippen LogP contribution in [0.3, 0.4) is 0 Å². The van der Waals surface area contributed by atoms with Crippen LogP contribution in [0.5, 0.6) is 0 Å². The quantitative estimate of drug-likeness (QED) is 0.334. The number of hydrogen-bond donors (Lipinski definition) is 1. The summed E-state index contributed by atoms with van der Waals surface area (Å²) in [5.74, 6) is -1.38. The maximum atomic E-state index is 15.4. The standard InChI is InChI=1S/C29H32ClF2N3O5/c1-16-3-7-19(30)12-24(16)34-29-33-23-10-6-18(26(32)27(23)40-29)11-25(36)35-14-20(31)13-21(35)15-39-22-8-4-17(5-9-22)28(37)38-2/h3,6-7,10,12,17,20-22H,4-5,8-9,11,13-15H2,1-2H3,(H,33,34)/t17-,20-,21-,22-/m0/s1. The van der Waals surface area contributed by atoms with Gasteiger partial charge in [-0.25, -0.2) is 8.78 Å². The number of rotatable bonds is 8. The normalized spacial score (nSPS) is 23.0. The van der Waals surface area contributed by atoms with E-state index < -0.39 is 18.0 Å². The second-order valence-electron chi connectivity index (χ2n) is 10.5. The Kier molecular flexibility index (Phi) is 8.56. The molecule has 2 atom stereocenters. The molecular formula is C29H32ClF2N3O5. The predicted octanol–water partition coefficient (Wildman–Crippen LogP) is 5.90. The highest BCUT2D eigenvalue weighted by molar-refractivity contribution is 6.30. The predicted molar refractivity (Wildman–Crippen MR) is 146 cm³/mol. The van der Waals surface area contributed by atoms with E-state index in [4.69, 9.17) is 25.5 Å². The minimum absolute atomic E-state index is 0.0543. The molecule has 214 valence electrons. The molecule has 11 heteroatoms. The molecule has 1 saturated carbocycles. The molecule has 1 aromatic heterocycles. The van der Waals surface area contributed by atoms with Crippen molar-refractivity contribution in [1.82, 2.24) is 9.88 Å². The van der Waals surface area contributed by atoms with Crippen molar-refractivity contribution in [2.24, 2.45) is 5.92 Å². The molecule has 1 amide bonds. The second-order valence-corrected chi connectivity index (χ2v) is 11.0. The van der Waals surface area contributed by atoms with E-state index in [1.54, 1.807) is 18.2 Å². The number of amides is 1. The van der Waals surface area contributed by atoms with Crippen LogP contribution in [-0.2, 0) is 25.5 Å². The lowest BCUT2D eigenvalue weighted by molar-refractivity contribution is -0.148. The molecular weight excluding hydrogens is 544 g/mol. The average molecular weight is 576 g/mol. The summed E-state index contributed by atoms with van der Waals surface area (Å²) >= 11 is 6.08. The monoisotopic (exact) mass is 575 g/mol. The Morgan fingerprint density at radius 1 is 1.20 bits per heavy atom. The van der Waals surface area contributed by atoms with Gasteiger partial charge in [0.25, 0.3) is 6.01 Å². The van der Waals surface area contributed by atoms with E-state index in [1.165, 1.54) is 18.1 Å². The molecule has 2 aromatic carbocycles. The number of ether oxygens (including phenoxy) is 2. The summed E-state index contributed by atoms with van der Waals surface area (Å²) in [6.45, 7) is 2.03. The number of alkyl halides is 1. The number of fused-ring (bicyclic) bond motifs is 1. The second kappa shape index (κ2) is 12.1. The number of aryl methyl sites for hydroxylation is 1. The first-order chi connectivity index (χ1) is 19.2. The van der Waals surface area contributed by atoms with E-state index in [2.05, 4.69) is 10.3 Å². The molecule has 5 rings (SSSR count). The van der Waals surface area contributed by atoms with Crippen molar-refractivity contribution in [3.05, 3.63) is 52.3 Å². The van der Waals surface area contributed by atoms with Gasteiger partial charge in [0.1, 0.15) is 11.7 Å². The number of likely N-dealkylation sites (tertiary alicyclic amines) is 1. The van der Waals surface area contributed by atoms with Crippen LogP contribution in [-0.4, -0.2) is 60.3 Å². The van der Waals surface area contributed by atoms with Crippen molar-refractivity contribution >= 4 is 46.3 Å². The number of methoxy groups -OCH3 is 1. The van der Waals surface area contributed by atoms with Crippen molar-refractivity contribution in [1.29, 1.82) is 0 Å². The van der Waals surface area contributed by atoms with E-state index in [1.807, 2.05) is 13.0 Å². The van der Waals surface area contributed by atoms with Crippen LogP contribution < -0.4 is 5.32 Å². The lowest BCUT2D eigenvalue weighted by Crippen LogP contribution is -2.40. The molecule has 40 heavy (non-hydrogen) atoms. The summed E-state index contributed by atoms with van der Waals surface area (Å²) in [4.78, 5) is 30.7. The Hall–Kier alpha value is -3.24. The van der Waals surface area contributed by atoms with Crippen molar-refractivity contribution in [2.45, 2.75) is 63.8 Å². The number of benzene rings is 2. The van der Waals surface area contributed by atoms with Gasteiger partial charge in [0.05, 0.1) is 44.7 Å². The highest BCUT2D eigenvalue weighted by atomic mass is 35.5. The number of anilines is 2. The fourth-order valence-corrected chi connectivity index (χ4v) is 5.67. The summed E-state index contributed by atoms with van der Waals surface area (Å²) in [5, 5.41) is 3.55. The molecule has 0 spiro atoms. The van der Waals surface area contributed by atoms with Gasteiger partial charge < -0.3 is 24.1 Å². The van der Waals surface area contributed by atoms with Crippen molar-refractivity contribution in [3.8, 4) is 0 Å². The number of aromatic nitrogens is 1. The number of esters is 1. The largest absolute Gasteiger partial charge is 0.469 e. The van der Waals surface area contributed by atoms with Crippen LogP contribution in [0, 0.1) is 18.7 Å². The van der Waals surface area contributed by atoms with Crippen molar-refractivity contribution < 1.29 is 32.3 Å². The number of carbonyl (C=O) groups excluding carboxylic acids is 2. The van der Waals surface area contributed by atoms with Gasteiger partial charge in [-0.1, -0.05) is 23.7 Å². The molecule has 0 bridgehead atoms. The third kappa shape index (κ3) is 6.23. The summed E-state index contributed by atoms with van der Waals surface area (Å²) in [5.41, 5.74) is 1.95. The van der Waals surface area contributed by atoms with Gasteiger partial charge in [-0.3, -0.25) is 9.59 Å². The zero-order valence-corrected chi connectivity index (χ0v) is 23.2. The van der Waals surface area contributed by atoms with Crippen molar-refractivity contribution in [2.75, 3.05) is 25.6 Å². The number of halogens is 3. The van der Waals surface area contributed by atoms with Gasteiger partial charge in [-0.15, -0.1) is 0 Å². The van der Waals surface area contributed by atoms with E-state index in [0.29, 0.717) is 41.9 Å². The van der Waals surface area contributed by atoms with E-state index in [-0.39, 0.29) is 67.1 Å². The highest BCUT2D eigenvalue weighted by Crippen LogP contribution is 2.31. The molecule has 8 nitrogen and oxygen atoms in total. The van der Waals surface area contributed by atoms with Crippen LogP contribution in [0.4, 0.5) is 20.5 Å². The fraction of sp³-hybridized carbons (Fsp3) is 0.483. The lowest BCUT2D eigenvalue weighted by Gasteiger charge is -2.30. The average Bonchev–Trinajstić information content (AvgIpc) is 3.54. The highest BCUT2D eigenvalue weighted by Gasteiger charge is 2.37. The summed E-state index contributed by atoms with van der Waals surface area (Å²) < 4.78 is 46.3. The zero-order valence-electron chi connectivity index (χ0n) is 22.4. The topological polar surface area (TPSA) is 93.9 Å². The number of oxazole rings is 1. The molecule has 2 fully saturated rings. The Bertz CT molecular complexity index is 1390. The number of hydrogen-bond acceptors (Lipinski definition) is 7. The number of carbonyl (C=O) groups is 2. The number of nitrogens with one attached hydrogen (secondary N) is 1. The first kappa shape index (κ1) is 28.3. The summed E-state index contributed by atoms with van der Waals surface area (Å²) in [6.07, 6.45) is 1.47. The molecule has 2 heterocycles. The lowest BCUT2D eigenvalue weighted by atomic mass is 9.87. The maximum Gasteiger partial charge on any atom is 0.308 e. The Balaban J connectivity index is 1.22. The zero-order chi connectivity index (χ0) is 28.4. The van der Waals surface area contributed by atoms with Gasteiger partial charge in [0.15, 0.2) is 11.4 Å². The minimum Gasteiger partial charge on any atom is -0.469 e. The van der Waals surface area contributed by atoms with Gasteiger partial charge in [0, 0.05) is 22.7 Å². The van der Waals surface area contributed by atoms with E-state index in [0.717, 1.165) is 5.56 Å². The van der Waals surface area contributed by atoms with Gasteiger partial charge in [0.2, 0.25) is 5.91 Å². The maximum absolute atomic E-state index is 15.4. The Morgan fingerprint density at radius 3 is 2.73 bits per heavy atom. The van der Waals surface area contributed by atoms with Crippen LogP contribution in [0.25, 0.3) is 11.1 Å². The Labute approximate surface area is 236 Å². The minimum atomic E-state index is -1.17. The third-order valence-electron chi connectivity index (χ3n) is 7.78. The molecule has 0 radical (unpaired) electrons. The number of nitrogens with zero attached hydrogens (tertiary/aromatic N) is 2. The van der Waals surface area contributed by atoms with Crippen LogP contribution in [0.2, 0.25) is 5.02 Å². The SMILES string of the molecule is COC(=O)[C@H]1CC[C@H](OC[C@@H]2C[C@H](F)CN2C(=O)Cc2ccc3nc(Nc4cc(Cl)ccc4C)oc3c2F)CC1. The molecule has 0 unspecified atom stereocenters. The van der Waals surface area contributed by atoms with Crippen molar-refractivity contribution in [3.63, 3.8) is 0 Å². The molecule has 1 aliphatic carbocycles. The fourth-order valence-electron chi connectivity index (χ4n) is 5.50. The molecule has 1 aliphatic heterocycles. The van der Waals surface area contributed by atoms with E-state index >= 15 is 4.39 Å². The van der Waals surface area contributed by atoms with Gasteiger partial charge in [-0.2, -0.15) is 4.98 Å². The van der Waals surface area contributed by atoms with Crippen LogP contribution in [0.15, 0.2) is 34.7 Å². The third-order valence-corrected chi connectivity index (χ3v) is 8.01. The molecule has 2 aliphatic rings. The summed E-state index contributed by atoms with van der Waals surface area (Å²) in [7, 11) is 1.39. The van der Waals surface area contributed by atoms with Gasteiger partial charge in [-0.05, 0) is 56.4 Å². The molecule has 1 saturated heterocycles. The Morgan fingerprint density at radius 2 is 1.98 bits per heavy atom. The first-order valence-electron chi connectivity index (χ1n) is 13.5. The van der Waals surface area contributed by atoms with Crippen LogP contribution in [0.1, 0.15) is 43.2 Å². The van der Waals surface area contributed by atoms with E-state index in [9.17, 15) is 14.0 Å². The first-order valence-corrected chi connectivity index (χ1v) is 13.8. The summed E-state index contributed by atoms with van der Waals surface area (Å²) in [6, 6.07) is 8.07. The molecule has 3 aromatic rings. The smallest absolute Gasteiger partial charge is 0.308 e. The molecule has 1 N–H and O–H groups in total. The van der Waals surface area contributed by atoms with Crippen LogP contribution >= 0.6 is 11.6 Å². The van der Waals surface area contributed by atoms with Gasteiger partial charge >= 0.3 is 5.97 Å².